The molecule has 0 bridgehead atoms. The van der Waals surface area contributed by atoms with E-state index in [2.05, 4.69) is 10.6 Å². The van der Waals surface area contributed by atoms with Gasteiger partial charge in [0.25, 0.3) is 5.91 Å². The Morgan fingerprint density at radius 2 is 1.81 bits per heavy atom. The van der Waals surface area contributed by atoms with Crippen LogP contribution in [0.3, 0.4) is 0 Å². The third kappa shape index (κ3) is 6.79. The zero-order chi connectivity index (χ0) is 19.0. The number of hydrogen-bond donors (Lipinski definition) is 2. The van der Waals surface area contributed by atoms with Crippen molar-refractivity contribution in [3.8, 4) is 0 Å². The SMILES string of the molecule is CC(C)(C)C(=O)OCCNC(=O)c1ccc(CCC2CCNCC2)cc1. The highest BCUT2D eigenvalue weighted by Gasteiger charge is 2.22. The number of carbonyl (C=O) groups is 2. The Morgan fingerprint density at radius 3 is 2.42 bits per heavy atom. The second-order valence-electron chi connectivity index (χ2n) is 8.07. The summed E-state index contributed by atoms with van der Waals surface area (Å²) in [7, 11) is 0. The highest BCUT2D eigenvalue weighted by atomic mass is 16.5. The van der Waals surface area contributed by atoms with E-state index in [1.165, 1.54) is 24.8 Å². The lowest BCUT2D eigenvalue weighted by atomic mass is 9.91. The fourth-order valence-electron chi connectivity index (χ4n) is 2.99. The second kappa shape index (κ2) is 9.72. The van der Waals surface area contributed by atoms with Gasteiger partial charge in [-0.15, -0.1) is 0 Å². The average molecular weight is 360 g/mol. The minimum atomic E-state index is -0.520. The van der Waals surface area contributed by atoms with Gasteiger partial charge in [-0.2, -0.15) is 0 Å². The molecule has 1 heterocycles. The molecule has 1 aromatic carbocycles. The number of aryl methyl sites for hydroxylation is 1. The third-order valence-corrected chi connectivity index (χ3v) is 4.75. The molecule has 1 amide bonds. The summed E-state index contributed by atoms with van der Waals surface area (Å²) >= 11 is 0. The minimum Gasteiger partial charge on any atom is -0.463 e. The lowest BCUT2D eigenvalue weighted by Gasteiger charge is -2.22. The smallest absolute Gasteiger partial charge is 0.311 e. The summed E-state index contributed by atoms with van der Waals surface area (Å²) in [6.45, 7) is 8.19. The maximum Gasteiger partial charge on any atom is 0.311 e. The number of nitrogens with one attached hydrogen (secondary N) is 2. The molecule has 0 unspecified atom stereocenters. The van der Waals surface area contributed by atoms with Gasteiger partial charge < -0.3 is 15.4 Å². The second-order valence-corrected chi connectivity index (χ2v) is 8.07. The van der Waals surface area contributed by atoms with Crippen LogP contribution in [0.1, 0.15) is 56.0 Å². The van der Waals surface area contributed by atoms with E-state index in [9.17, 15) is 9.59 Å². The first kappa shape index (κ1) is 20.4. The maximum atomic E-state index is 12.1. The van der Waals surface area contributed by atoms with Crippen LogP contribution in [0.25, 0.3) is 0 Å². The maximum absolute atomic E-state index is 12.1. The van der Waals surface area contributed by atoms with E-state index in [0.29, 0.717) is 12.1 Å². The topological polar surface area (TPSA) is 67.4 Å². The summed E-state index contributed by atoms with van der Waals surface area (Å²) in [5.74, 6) is 0.418. The summed E-state index contributed by atoms with van der Waals surface area (Å²) in [6, 6.07) is 7.81. The zero-order valence-corrected chi connectivity index (χ0v) is 16.3. The largest absolute Gasteiger partial charge is 0.463 e. The fourth-order valence-corrected chi connectivity index (χ4v) is 2.99. The Kier molecular flexibility index (Phi) is 7.64. The van der Waals surface area contributed by atoms with Gasteiger partial charge in [0.2, 0.25) is 0 Å². The molecule has 144 valence electrons. The molecule has 0 saturated carbocycles. The van der Waals surface area contributed by atoms with Crippen molar-refractivity contribution in [3.63, 3.8) is 0 Å². The summed E-state index contributed by atoms with van der Waals surface area (Å²) in [4.78, 5) is 23.8. The standard InChI is InChI=1S/C21H32N2O3/c1-21(2,3)20(25)26-15-14-23-19(24)18-8-6-16(7-9-18)4-5-17-10-12-22-13-11-17/h6-9,17,22H,4-5,10-15H2,1-3H3,(H,23,24). The molecule has 1 aliphatic heterocycles. The molecule has 1 fully saturated rings. The highest BCUT2D eigenvalue weighted by molar-refractivity contribution is 5.94. The van der Waals surface area contributed by atoms with Gasteiger partial charge in [0.1, 0.15) is 6.61 Å². The molecular formula is C21H32N2O3. The van der Waals surface area contributed by atoms with Gasteiger partial charge in [-0.3, -0.25) is 9.59 Å². The Labute approximate surface area is 156 Å². The Bertz CT molecular complexity index is 584. The monoisotopic (exact) mass is 360 g/mol. The molecule has 5 heteroatoms. The van der Waals surface area contributed by atoms with Crippen molar-refractivity contribution < 1.29 is 14.3 Å². The molecule has 2 N–H and O–H groups in total. The van der Waals surface area contributed by atoms with Crippen LogP contribution in [-0.2, 0) is 16.0 Å². The quantitative estimate of drug-likeness (QED) is 0.579. The van der Waals surface area contributed by atoms with Crippen LogP contribution in [0.4, 0.5) is 0 Å². The summed E-state index contributed by atoms with van der Waals surface area (Å²) < 4.78 is 5.14. The van der Waals surface area contributed by atoms with Crippen LogP contribution in [0.2, 0.25) is 0 Å². The molecular weight excluding hydrogens is 328 g/mol. The van der Waals surface area contributed by atoms with Crippen LogP contribution < -0.4 is 10.6 Å². The van der Waals surface area contributed by atoms with Gasteiger partial charge >= 0.3 is 5.97 Å². The highest BCUT2D eigenvalue weighted by Crippen LogP contribution is 2.19. The number of ether oxygens (including phenoxy) is 1. The van der Waals surface area contributed by atoms with Crippen LogP contribution in [0, 0.1) is 11.3 Å². The number of carbonyl (C=O) groups excluding carboxylic acids is 2. The zero-order valence-electron chi connectivity index (χ0n) is 16.3. The van der Waals surface area contributed by atoms with Crippen molar-refractivity contribution in [1.29, 1.82) is 0 Å². The van der Waals surface area contributed by atoms with Crippen molar-refractivity contribution >= 4 is 11.9 Å². The van der Waals surface area contributed by atoms with Crippen molar-refractivity contribution in [2.75, 3.05) is 26.2 Å². The first-order valence-corrected chi connectivity index (χ1v) is 9.61. The van der Waals surface area contributed by atoms with Gasteiger partial charge in [-0.25, -0.2) is 0 Å². The van der Waals surface area contributed by atoms with Gasteiger partial charge in [0, 0.05) is 5.56 Å². The fraction of sp³-hybridized carbons (Fsp3) is 0.619. The predicted octanol–water partition coefficient (Wildman–Crippen LogP) is 2.94. The van der Waals surface area contributed by atoms with Gasteiger partial charge in [0.05, 0.1) is 12.0 Å². The number of esters is 1. The molecule has 0 aliphatic carbocycles. The van der Waals surface area contributed by atoms with E-state index in [0.717, 1.165) is 25.4 Å². The van der Waals surface area contributed by atoms with Crippen LogP contribution in [-0.4, -0.2) is 38.1 Å². The van der Waals surface area contributed by atoms with E-state index in [-0.39, 0.29) is 18.5 Å². The first-order chi connectivity index (χ1) is 12.4. The van der Waals surface area contributed by atoms with Crippen molar-refractivity contribution in [2.24, 2.45) is 11.3 Å². The molecule has 0 atom stereocenters. The van der Waals surface area contributed by atoms with Crippen molar-refractivity contribution in [1.82, 2.24) is 10.6 Å². The number of rotatable bonds is 7. The molecule has 1 aliphatic rings. The Hall–Kier alpha value is -1.88. The van der Waals surface area contributed by atoms with E-state index in [1.807, 2.05) is 24.3 Å². The molecule has 26 heavy (non-hydrogen) atoms. The molecule has 1 aromatic rings. The van der Waals surface area contributed by atoms with Crippen LogP contribution in [0.5, 0.6) is 0 Å². The van der Waals surface area contributed by atoms with Crippen molar-refractivity contribution in [3.05, 3.63) is 35.4 Å². The van der Waals surface area contributed by atoms with Crippen molar-refractivity contribution in [2.45, 2.75) is 46.5 Å². The summed E-state index contributed by atoms with van der Waals surface area (Å²) in [5.41, 5.74) is 1.39. The van der Waals surface area contributed by atoms with Gasteiger partial charge in [0.15, 0.2) is 0 Å². The average Bonchev–Trinajstić information content (AvgIpc) is 2.63. The lowest BCUT2D eigenvalue weighted by molar-refractivity contribution is -0.152. The minimum absolute atomic E-state index is 0.137. The van der Waals surface area contributed by atoms with E-state index >= 15 is 0 Å². The van der Waals surface area contributed by atoms with Crippen LogP contribution in [0.15, 0.2) is 24.3 Å². The summed E-state index contributed by atoms with van der Waals surface area (Å²) in [5, 5.41) is 6.18. The van der Waals surface area contributed by atoms with Gasteiger partial charge in [-0.05, 0) is 83.2 Å². The summed E-state index contributed by atoms with van der Waals surface area (Å²) in [6.07, 6.45) is 4.81. The molecule has 1 saturated heterocycles. The van der Waals surface area contributed by atoms with Gasteiger partial charge in [-0.1, -0.05) is 12.1 Å². The van der Waals surface area contributed by atoms with E-state index in [4.69, 9.17) is 4.74 Å². The Morgan fingerprint density at radius 1 is 1.15 bits per heavy atom. The molecule has 5 nitrogen and oxygen atoms in total. The van der Waals surface area contributed by atoms with Crippen LogP contribution >= 0.6 is 0 Å². The number of piperidine rings is 1. The number of benzene rings is 1. The molecule has 2 rings (SSSR count). The number of hydrogen-bond acceptors (Lipinski definition) is 4. The molecule has 0 spiro atoms. The molecule has 0 radical (unpaired) electrons. The Balaban J connectivity index is 1.69. The predicted molar refractivity (Wildman–Crippen MR) is 103 cm³/mol. The number of amides is 1. The van der Waals surface area contributed by atoms with E-state index < -0.39 is 5.41 Å². The normalized spacial score (nSPS) is 15.5. The first-order valence-electron chi connectivity index (χ1n) is 9.61. The lowest BCUT2D eigenvalue weighted by Crippen LogP contribution is -2.30. The third-order valence-electron chi connectivity index (χ3n) is 4.75. The van der Waals surface area contributed by atoms with E-state index in [1.54, 1.807) is 20.8 Å². The molecule has 0 aromatic heterocycles.